The van der Waals surface area contributed by atoms with Crippen LogP contribution in [0.1, 0.15) is 49.7 Å². The van der Waals surface area contributed by atoms with Gasteiger partial charge in [0.05, 0.1) is 131 Å². The van der Waals surface area contributed by atoms with E-state index in [1.807, 2.05) is 0 Å². The second-order valence-electron chi connectivity index (χ2n) is 26.7. The maximum Gasteiger partial charge on any atom is 0.305 e. The zero-order valence-corrected chi connectivity index (χ0v) is 71.1. The number of carboxylic acids is 1. The highest BCUT2D eigenvalue weighted by molar-refractivity contribution is 8.76. The number of ether oxygens (including phenoxy) is 10. The number of nitrogens with two attached hydrogens (primary N) is 3. The van der Waals surface area contributed by atoms with Gasteiger partial charge in [-0.3, -0.25) is 76.9 Å². The molecule has 0 saturated carbocycles. The molecule has 2 saturated heterocycles. The molecular formula is C75H115FN18O27S3. The number of halogens is 1. The molecule has 2 aliphatic rings. The van der Waals surface area contributed by atoms with Gasteiger partial charge < -0.3 is 144 Å². The third-order valence-electron chi connectivity index (χ3n) is 16.6. The van der Waals surface area contributed by atoms with Crippen molar-refractivity contribution in [3.63, 3.8) is 0 Å². The Morgan fingerprint density at radius 2 is 0.911 bits per heavy atom. The Bertz CT molecular complexity index is 3670. The smallest absolute Gasteiger partial charge is 0.305 e. The molecule has 2 aliphatic heterocycles. The molecule has 2 aromatic carbocycles. The molecule has 49 heteroatoms. The van der Waals surface area contributed by atoms with Crippen LogP contribution >= 0.6 is 33.3 Å². The van der Waals surface area contributed by atoms with E-state index >= 15 is 0 Å². The number of hydrogen-bond acceptors (Lipinski definition) is 31. The molecule has 0 spiro atoms. The van der Waals surface area contributed by atoms with Crippen LogP contribution in [0.4, 0.5) is 4.39 Å². The molecule has 0 aromatic heterocycles. The van der Waals surface area contributed by atoms with Crippen molar-refractivity contribution >= 4 is 134 Å². The zero-order chi connectivity index (χ0) is 90.2. The number of nitrogens with one attached hydrogen (secondary N) is 13. The van der Waals surface area contributed by atoms with Gasteiger partial charge in [0.15, 0.2) is 12.6 Å². The predicted molar refractivity (Wildman–Crippen MR) is 447 cm³/mol. The average molecular weight is 1820 g/mol. The molecule has 4 rings (SSSR count). The van der Waals surface area contributed by atoms with E-state index in [9.17, 15) is 81.4 Å². The molecule has 0 aliphatic carbocycles. The van der Waals surface area contributed by atoms with Gasteiger partial charge in [-0.25, -0.2) is 4.39 Å². The Morgan fingerprint density at radius 1 is 0.460 bits per heavy atom. The summed E-state index contributed by atoms with van der Waals surface area (Å²) >= 11 is 0.865. The summed E-state index contributed by atoms with van der Waals surface area (Å²) in [4.78, 5) is 209. The van der Waals surface area contributed by atoms with Gasteiger partial charge in [0, 0.05) is 62.9 Å². The van der Waals surface area contributed by atoms with Crippen LogP contribution in [-0.4, -0.2) is 356 Å². The van der Waals surface area contributed by atoms with E-state index in [1.54, 1.807) is 30.3 Å². The summed E-state index contributed by atoms with van der Waals surface area (Å²) in [6.45, 7) is 1.00. The largest absolute Gasteiger partial charge is 0.481 e. The number of carbonyl (C=O) groups excluding carboxylic acids is 14. The van der Waals surface area contributed by atoms with Crippen molar-refractivity contribution in [1.29, 1.82) is 0 Å². The molecule has 45 nitrogen and oxygen atoms in total. The first kappa shape index (κ1) is 106. The standard InChI is InChI=1S/C75H115FN18O27S3/c76-52-13-11-51(12-14-52)39-87-121-45-65(100)83-19-23-113-27-31-117-34-36-118-35-33-116-30-26-112-22-18-82-64(99)44-120-43-62(97)80-15-5-4-9-54-70(106)93-58-47-123-124-48-59(94-72(108)56(38-67(102)103)89-61(96)40-86-68(104)53(90-73(58)109)10-6-16-85-75(78)79)74(110)91-55(37-50-7-2-1-3-8-50)71(107)92-57(46-122-49-66(101)88-54)69(105)84-20-24-114-28-32-115-29-25-111-21-17-81-63(98)42-119-41-60(77)95/h1-3,7-8,11-14,39,53-59H,4-6,9-10,15-38,40-49H2,(H2,77,95)(H,80,97)(H,81,98)(H,82,99)(H,83,100)(H,84,105)(H,86,104)(H,88,101)(H,89,96)(H,90,109)(H,91,110)(H,92,107)(H,93,106)(H,94,108)(H,102,103)(H4,78,79,85)/t53-,54-,55-,56-,57-,58-,59-/m0/s1. The number of amides is 14. The number of thioether (sulfide) groups is 1. The lowest BCUT2D eigenvalue weighted by Gasteiger charge is -2.27. The van der Waals surface area contributed by atoms with Gasteiger partial charge >= 0.3 is 5.97 Å². The van der Waals surface area contributed by atoms with E-state index in [1.165, 1.54) is 30.5 Å². The molecule has 0 unspecified atom stereocenters. The maximum atomic E-state index is 14.7. The lowest BCUT2D eigenvalue weighted by atomic mass is 10.0. The Morgan fingerprint density at radius 3 is 1.43 bits per heavy atom. The summed E-state index contributed by atoms with van der Waals surface area (Å²) in [5.74, 6) is -14.8. The molecule has 0 radical (unpaired) electrons. The van der Waals surface area contributed by atoms with Gasteiger partial charge in [-0.15, -0.1) is 11.8 Å². The quantitative estimate of drug-likeness (QED) is 0.00962. The minimum atomic E-state index is -1.85. The third kappa shape index (κ3) is 52.4. The highest BCUT2D eigenvalue weighted by Crippen LogP contribution is 2.24. The topological polar surface area (TPSA) is 637 Å². The number of fused-ring (bicyclic) bond motifs is 5. The van der Waals surface area contributed by atoms with Gasteiger partial charge in [0.1, 0.15) is 74.5 Å². The number of oxime groups is 1. The predicted octanol–water partition coefficient (Wildman–Crippen LogP) is -7.00. The zero-order valence-electron chi connectivity index (χ0n) is 68.7. The van der Waals surface area contributed by atoms with Crippen LogP contribution in [0.5, 0.6) is 0 Å². The number of rotatable bonds is 56. The average Bonchev–Trinajstić information content (AvgIpc) is 0.978. The number of hydrogen-bond donors (Lipinski definition) is 17. The van der Waals surface area contributed by atoms with E-state index < -0.39 is 169 Å². The summed E-state index contributed by atoms with van der Waals surface area (Å²) in [5, 5.41) is 47.1. The monoisotopic (exact) mass is 1810 g/mol. The van der Waals surface area contributed by atoms with Crippen LogP contribution in [0.15, 0.2) is 64.7 Å². The molecule has 2 fully saturated rings. The van der Waals surface area contributed by atoms with Gasteiger partial charge in [-0.2, -0.15) is 0 Å². The van der Waals surface area contributed by atoms with Crippen LogP contribution in [0, 0.1) is 5.82 Å². The normalized spacial score (nSPS) is 18.5. The Balaban J connectivity index is 1.35. The molecule has 124 heavy (non-hydrogen) atoms. The van der Waals surface area contributed by atoms with Crippen molar-refractivity contribution in [2.24, 2.45) is 27.3 Å². The molecule has 14 amide bonds. The van der Waals surface area contributed by atoms with Crippen molar-refractivity contribution in [2.75, 3.05) is 208 Å². The lowest BCUT2D eigenvalue weighted by molar-refractivity contribution is -0.141. The number of guanidine groups is 1. The highest BCUT2D eigenvalue weighted by Gasteiger charge is 2.36. The summed E-state index contributed by atoms with van der Waals surface area (Å²) < 4.78 is 67.1. The molecule has 692 valence electrons. The van der Waals surface area contributed by atoms with E-state index in [0.29, 0.717) is 50.8 Å². The van der Waals surface area contributed by atoms with Crippen LogP contribution in [0.25, 0.3) is 0 Å². The fourth-order valence-corrected chi connectivity index (χ4v) is 13.7. The Kier molecular flexibility index (Phi) is 56.8. The van der Waals surface area contributed by atoms with Gasteiger partial charge in [-0.1, -0.05) is 69.2 Å². The first-order valence-electron chi connectivity index (χ1n) is 39.7. The molecule has 2 aromatic rings. The Hall–Kier alpha value is -10.2. The van der Waals surface area contributed by atoms with E-state index in [0.717, 1.165) is 33.3 Å². The fraction of sp³-hybridized carbons (Fsp3) is 0.613. The number of unbranched alkanes of at least 4 members (excludes halogenated alkanes) is 1. The number of nitrogens with zero attached hydrogens (tertiary/aromatic N) is 2. The van der Waals surface area contributed by atoms with Crippen molar-refractivity contribution in [1.82, 2.24) is 69.1 Å². The molecule has 2 heterocycles. The molecule has 20 N–H and O–H groups in total. The minimum absolute atomic E-state index is 0.0224. The van der Waals surface area contributed by atoms with Crippen LogP contribution < -0.4 is 86.3 Å². The number of carbonyl (C=O) groups is 15. The number of aliphatic imine (C=N–C) groups is 1. The van der Waals surface area contributed by atoms with Gasteiger partial charge in [0.25, 0.3) is 5.91 Å². The fourth-order valence-electron chi connectivity index (χ4n) is 10.5. The van der Waals surface area contributed by atoms with Crippen molar-refractivity contribution < 1.29 is 134 Å². The third-order valence-corrected chi connectivity index (χ3v) is 20.0. The summed E-state index contributed by atoms with van der Waals surface area (Å²) in [6.07, 6.45) is 0.302. The van der Waals surface area contributed by atoms with Crippen molar-refractivity contribution in [3.8, 4) is 0 Å². The first-order valence-corrected chi connectivity index (χ1v) is 43.3. The summed E-state index contributed by atoms with van der Waals surface area (Å²) in [6, 6.07) is 3.09. The number of aliphatic carboxylic acids is 1. The molecule has 7 atom stereocenters. The highest BCUT2D eigenvalue weighted by atomic mass is 33.1. The van der Waals surface area contributed by atoms with Crippen LogP contribution in [0.2, 0.25) is 0 Å². The number of primary amides is 1. The molecular weight excluding hydrogens is 1700 g/mol. The first-order chi connectivity index (χ1) is 59.8. The second kappa shape index (κ2) is 66.3. The van der Waals surface area contributed by atoms with Crippen LogP contribution in [0.3, 0.4) is 0 Å². The van der Waals surface area contributed by atoms with Crippen molar-refractivity contribution in [3.05, 3.63) is 71.5 Å². The second-order valence-corrected chi connectivity index (χ2v) is 30.3. The van der Waals surface area contributed by atoms with Gasteiger partial charge in [-0.05, 0) is 55.4 Å². The van der Waals surface area contributed by atoms with E-state index in [-0.39, 0.29) is 186 Å². The van der Waals surface area contributed by atoms with Crippen molar-refractivity contribution in [2.45, 2.75) is 87.2 Å². The maximum absolute atomic E-state index is 14.7. The molecule has 2 bridgehead atoms. The number of carboxylic acid groups (broad SMARTS) is 1. The van der Waals surface area contributed by atoms with E-state index in [2.05, 4.69) is 79.3 Å². The lowest BCUT2D eigenvalue weighted by Crippen LogP contribution is -2.60. The SMILES string of the molecule is NC(=O)COCC(=O)NCCOCCOCCOCCNC(=O)[C@@H]1CSCC(=O)N[C@@H](CCCCNC(=O)COCC(=O)NCCOCCOCCOCCOCCOCCNC(=O)CON=Cc2ccc(F)cc2)C(=O)N[C@H]2CSSC[C@H](NC(=O)[C@H](CC(=O)O)NC(=O)CNC(=O)[C@H](CCCN=C(N)N)NC2=O)C(=O)N[C@@H](Cc2ccccc2)C(=O)N1. The number of benzene rings is 2. The van der Waals surface area contributed by atoms with Crippen LogP contribution in [-0.2, 0) is 131 Å². The van der Waals surface area contributed by atoms with E-state index in [4.69, 9.17) is 69.4 Å². The van der Waals surface area contributed by atoms with Gasteiger partial charge in [0.2, 0.25) is 76.8 Å². The Labute approximate surface area is 727 Å². The summed E-state index contributed by atoms with van der Waals surface area (Å²) in [7, 11) is 1.78. The minimum Gasteiger partial charge on any atom is -0.481 e. The summed E-state index contributed by atoms with van der Waals surface area (Å²) in [5.41, 5.74) is 17.2.